The number of carbonyl (C=O) groups excluding carboxylic acids is 9. The van der Waals surface area contributed by atoms with Crippen molar-refractivity contribution in [3.63, 3.8) is 0 Å². The maximum absolute atomic E-state index is 12.8. The summed E-state index contributed by atoms with van der Waals surface area (Å²) in [5.74, 6) is -4.92. The van der Waals surface area contributed by atoms with Gasteiger partial charge < -0.3 is 81.6 Å². The topological polar surface area (TPSA) is 313 Å². The first-order valence-corrected chi connectivity index (χ1v) is 37.3. The molecule has 4 aliphatic carbocycles. The molecule has 0 bridgehead atoms. The van der Waals surface area contributed by atoms with Crippen molar-refractivity contribution in [2.45, 2.75) is 321 Å². The van der Waals surface area contributed by atoms with E-state index in [4.69, 9.17) is 25.1 Å². The Morgan fingerprint density at radius 2 is 0.740 bits per heavy atom. The Balaban J connectivity index is 0.000000706. The molecule has 0 spiro atoms. The molecule has 1 aliphatic heterocycles. The van der Waals surface area contributed by atoms with E-state index in [1.807, 2.05) is 72.6 Å². The highest BCUT2D eigenvalue weighted by molar-refractivity contribution is 5.92. The number of hydrogen-bond acceptors (Lipinski definition) is 16. The average molecular weight is 1530 g/mol. The maximum atomic E-state index is 12.8. The fourth-order valence-electron chi connectivity index (χ4n) is 20.2. The summed E-state index contributed by atoms with van der Waals surface area (Å²) in [6, 6.07) is 9.45. The van der Waals surface area contributed by atoms with E-state index in [-0.39, 0.29) is 160 Å². The number of cyclic esters (lactones) is 2. The minimum Gasteiger partial charge on any atom is -1.00 e. The molecule has 4 saturated carbocycles. The number of aliphatic carboxylic acids is 2. The molecule has 598 valence electrons. The molecule has 22 nitrogen and oxygen atoms in total. The molecular formula is C81H141BrN6O16. The van der Waals surface area contributed by atoms with Crippen molar-refractivity contribution < 1.29 is 103 Å². The zero-order valence-electron chi connectivity index (χ0n) is 69.1. The van der Waals surface area contributed by atoms with Gasteiger partial charge in [0.05, 0.1) is 80.8 Å². The van der Waals surface area contributed by atoms with Crippen LogP contribution in [0.2, 0.25) is 0 Å². The zero-order valence-corrected chi connectivity index (χ0v) is 70.7. The van der Waals surface area contributed by atoms with Crippen LogP contribution in [0, 0.1) is 43.3 Å². The molecule has 1 aromatic carbocycles. The van der Waals surface area contributed by atoms with Crippen LogP contribution in [0.4, 0.5) is 0 Å². The largest absolute Gasteiger partial charge is 1.00 e. The van der Waals surface area contributed by atoms with Gasteiger partial charge >= 0.3 is 35.8 Å². The molecule has 104 heavy (non-hydrogen) atoms. The number of likely N-dealkylation sites (N-methyl/N-ethyl adjacent to an activating group) is 2. The second-order valence-electron chi connectivity index (χ2n) is 40.8. The van der Waals surface area contributed by atoms with Crippen molar-refractivity contribution in [1.82, 2.24) is 16.0 Å². The normalized spacial score (nSPS) is 21.8. The molecule has 0 aromatic heterocycles. The van der Waals surface area contributed by atoms with Crippen LogP contribution < -0.4 is 43.8 Å². The summed E-state index contributed by atoms with van der Waals surface area (Å²) >= 11 is 0. The van der Waals surface area contributed by atoms with Crippen molar-refractivity contribution in [3.05, 3.63) is 35.9 Å². The number of carbonyl (C=O) groups is 10. The first-order chi connectivity index (χ1) is 46.2. The van der Waals surface area contributed by atoms with Gasteiger partial charge in [-0.2, -0.15) is 0 Å². The van der Waals surface area contributed by atoms with Gasteiger partial charge in [-0.1, -0.05) is 141 Å². The molecule has 6 rings (SSSR count). The Kier molecular flexibility index (Phi) is 35.3. The van der Waals surface area contributed by atoms with Crippen molar-refractivity contribution in [2.24, 2.45) is 49.1 Å². The predicted molar refractivity (Wildman–Crippen MR) is 400 cm³/mol. The number of quaternary nitrogens is 2. The van der Waals surface area contributed by atoms with Gasteiger partial charge in [0.1, 0.15) is 19.7 Å². The van der Waals surface area contributed by atoms with Gasteiger partial charge in [0.2, 0.25) is 17.7 Å². The van der Waals surface area contributed by atoms with Crippen LogP contribution >= 0.6 is 0 Å². The molecule has 1 aromatic rings. The Morgan fingerprint density at radius 1 is 0.452 bits per heavy atom. The lowest BCUT2D eigenvalue weighted by molar-refractivity contribution is -0.873. The van der Waals surface area contributed by atoms with Gasteiger partial charge in [0.15, 0.2) is 12.2 Å². The second kappa shape index (κ2) is 38.0. The van der Waals surface area contributed by atoms with Crippen LogP contribution in [-0.2, 0) is 73.5 Å². The molecule has 1 saturated heterocycles. The third kappa shape index (κ3) is 42.1. The summed E-state index contributed by atoms with van der Waals surface area (Å²) in [4.78, 5) is 116. The number of carboxylic acid groups (broad SMARTS) is 2. The van der Waals surface area contributed by atoms with Crippen LogP contribution in [0.15, 0.2) is 30.3 Å². The van der Waals surface area contributed by atoms with Gasteiger partial charge in [-0.25, -0.2) is 0 Å². The van der Waals surface area contributed by atoms with Crippen molar-refractivity contribution in [1.29, 1.82) is 0 Å². The number of ether oxygens (including phenoxy) is 4. The molecule has 23 heteroatoms. The second-order valence-corrected chi connectivity index (χ2v) is 40.8. The Labute approximate surface area is 636 Å². The van der Waals surface area contributed by atoms with E-state index in [0.29, 0.717) is 32.9 Å². The van der Waals surface area contributed by atoms with E-state index in [2.05, 4.69) is 159 Å². The minimum absolute atomic E-state index is 0. The molecule has 0 radical (unpaired) electrons. The first kappa shape index (κ1) is 96.5. The van der Waals surface area contributed by atoms with Crippen molar-refractivity contribution >= 4 is 59.5 Å². The number of nitrogens with two attached hydrogens (primary N) is 1. The van der Waals surface area contributed by atoms with Crippen LogP contribution in [0.1, 0.15) is 285 Å². The van der Waals surface area contributed by atoms with Gasteiger partial charge in [-0.15, -0.1) is 0 Å². The molecule has 5 aliphatic rings. The number of nitrogens with one attached hydrogen (secondary N) is 3. The quantitative estimate of drug-likeness (QED) is 0.0279. The third-order valence-corrected chi connectivity index (χ3v) is 18.7. The summed E-state index contributed by atoms with van der Waals surface area (Å²) in [6.07, 6.45) is 11.1. The van der Waals surface area contributed by atoms with E-state index in [1.54, 1.807) is 0 Å². The highest BCUT2D eigenvalue weighted by Crippen LogP contribution is 2.53. The van der Waals surface area contributed by atoms with Gasteiger partial charge in [0, 0.05) is 53.8 Å². The minimum atomic E-state index is -1.26. The number of rotatable bonds is 24. The summed E-state index contributed by atoms with van der Waals surface area (Å²) in [6.45, 7) is 45.6. The fraction of sp³-hybridized carbons (Fsp3) is 0.802. The molecule has 0 unspecified atom stereocenters. The van der Waals surface area contributed by atoms with Crippen LogP contribution in [0.25, 0.3) is 0 Å². The predicted octanol–water partition coefficient (Wildman–Crippen LogP) is 9.02. The molecule has 2 atom stereocenters. The van der Waals surface area contributed by atoms with E-state index >= 15 is 0 Å². The molecular weight excluding hydrogens is 1390 g/mol. The van der Waals surface area contributed by atoms with Crippen LogP contribution in [0.3, 0.4) is 0 Å². The molecule has 1 heterocycles. The van der Waals surface area contributed by atoms with Gasteiger partial charge in [0.25, 0.3) is 0 Å². The van der Waals surface area contributed by atoms with Crippen LogP contribution in [-0.4, -0.2) is 163 Å². The third-order valence-electron chi connectivity index (χ3n) is 18.7. The van der Waals surface area contributed by atoms with E-state index in [1.165, 1.54) is 6.42 Å². The van der Waals surface area contributed by atoms with Crippen molar-refractivity contribution in [2.75, 3.05) is 55.4 Å². The SMILES string of the molecule is CC1(C)CC(C)(C)CC(C)(N)C1.CC1(C)CC(C)(C)CC(C)(NC(=O)CCC(=O)O)C1.CC1(C)CC(C)(C)CC(C)(NC(=O)CCC(=O)O[C@H](CC(=O)OCc2ccccc2)C[N+](C)(C)C)C1.CC1(C)CC(C)(C)CC(C)(NC(=O)CCC(=O)O[C@H](CC(=O)[O-])C[N+](C)(C)C)C1.O=C1CCC(=O)O1.[Br-]. The zero-order chi connectivity index (χ0) is 79.7. The summed E-state index contributed by atoms with van der Waals surface area (Å²) in [5, 5.41) is 28.9. The van der Waals surface area contributed by atoms with E-state index in [9.17, 15) is 53.1 Å². The highest BCUT2D eigenvalue weighted by Gasteiger charge is 2.49. The number of benzene rings is 1. The monoisotopic (exact) mass is 1530 g/mol. The summed E-state index contributed by atoms with van der Waals surface area (Å²) < 4.78 is 21.4. The van der Waals surface area contributed by atoms with Crippen molar-refractivity contribution in [3.8, 4) is 0 Å². The Hall–Kier alpha value is -5.52. The van der Waals surface area contributed by atoms with Crippen LogP contribution in [0.5, 0.6) is 0 Å². The highest BCUT2D eigenvalue weighted by atomic mass is 79.9. The van der Waals surface area contributed by atoms with Gasteiger partial charge in [-0.05, 0) is 154 Å². The number of amides is 3. The summed E-state index contributed by atoms with van der Waals surface area (Å²) in [7, 11) is 11.6. The number of nitrogens with zero attached hydrogens (tertiary/aromatic N) is 2. The lowest BCUT2D eigenvalue weighted by atomic mass is 9.59. The maximum Gasteiger partial charge on any atom is 0.314 e. The van der Waals surface area contributed by atoms with E-state index in [0.717, 1.165) is 76.2 Å². The number of hydrogen-bond donors (Lipinski definition) is 5. The lowest BCUT2D eigenvalue weighted by Crippen LogP contribution is -3.00. The standard InChI is InChI=1S/C29H46N2O5.C22H40N2O5.C15H27NO3.C11H23N.C4H4O3.BrH/c1-27(2)19-28(3,4)21-29(5,20-27)30-24(32)14-15-25(33)36-23(17-31(6,7)8)16-26(34)35-18-22-12-10-9-11-13-22;1-20(2)13-21(3,4)15-22(5,14-20)23-17(25)9-10-19(28)29-16(11-18(26)27)12-24(6,7)8;1-13(2)8-14(3,4)10-15(5,9-13)16-11(17)6-7-12(18)19;1-9(2)6-10(3,4)8-11(5,12)7-9;5-3-1-2-4(6)7-3;/h9-13,23H,14-21H2,1-8H3;16H,9-15H2,1-8H3,(H-,23,25,26,27);6-10H2,1-5H3,(H,16,17)(H,18,19);6-8,12H2,1-5H3;1-2H2;1H/t23-;16-;;;;/m11..../s1. The number of carboxylic acids is 2. The fourth-order valence-corrected chi connectivity index (χ4v) is 20.2. The Morgan fingerprint density at radius 3 is 1.00 bits per heavy atom. The van der Waals surface area contributed by atoms with Gasteiger partial charge in [-0.3, -0.25) is 43.2 Å². The molecule has 5 fully saturated rings. The molecule has 6 N–H and O–H groups in total. The Bertz CT molecular complexity index is 2940. The average Bonchev–Trinajstić information content (AvgIpc) is 0.822. The summed E-state index contributed by atoms with van der Waals surface area (Å²) in [5.41, 5.74) is 8.08. The first-order valence-electron chi connectivity index (χ1n) is 37.3. The lowest BCUT2D eigenvalue weighted by Gasteiger charge is -2.51. The smallest absolute Gasteiger partial charge is 0.314 e. The number of halogens is 1. The number of esters is 5. The molecule has 3 amide bonds. The van der Waals surface area contributed by atoms with E-state index < -0.39 is 54.0 Å².